The molecule has 1 aromatic heterocycles. The number of fused-ring (bicyclic) bond motifs is 1. The van der Waals surface area contributed by atoms with E-state index in [-0.39, 0.29) is 22.2 Å². The van der Waals surface area contributed by atoms with E-state index in [1.165, 1.54) is 52.6 Å². The number of likely N-dealkylation sites (N-methyl/N-ethyl adjacent to an activating group) is 1. The van der Waals surface area contributed by atoms with Gasteiger partial charge >= 0.3 is 0 Å². The Morgan fingerprint density at radius 2 is 1.81 bits per heavy atom. The summed E-state index contributed by atoms with van der Waals surface area (Å²) in [6.07, 6.45) is 0. The van der Waals surface area contributed by atoms with Crippen LogP contribution in [0.15, 0.2) is 47.4 Å². The Kier molecular flexibility index (Phi) is 6.68. The maximum Gasteiger partial charge on any atom is 0.270 e. The minimum atomic E-state index is -3.36. The molecular formula is C20H22N4O5S2. The van der Waals surface area contributed by atoms with Gasteiger partial charge in [-0.25, -0.2) is 13.4 Å². The van der Waals surface area contributed by atoms with Crippen LogP contribution in [0, 0.1) is 10.1 Å². The van der Waals surface area contributed by atoms with Gasteiger partial charge in [0.25, 0.3) is 11.6 Å². The number of nitrogens with zero attached hydrogens (tertiary/aromatic N) is 4. The van der Waals surface area contributed by atoms with Gasteiger partial charge in [0.1, 0.15) is 0 Å². The lowest BCUT2D eigenvalue weighted by Gasteiger charge is -2.22. The van der Waals surface area contributed by atoms with E-state index >= 15 is 0 Å². The van der Waals surface area contributed by atoms with E-state index in [0.717, 1.165) is 0 Å². The zero-order valence-corrected chi connectivity index (χ0v) is 18.9. The molecule has 11 heteroatoms. The zero-order chi connectivity index (χ0) is 22.8. The summed E-state index contributed by atoms with van der Waals surface area (Å²) in [5.41, 5.74) is 0.860. The third kappa shape index (κ3) is 5.06. The molecule has 1 amide bonds. The van der Waals surface area contributed by atoms with Crippen molar-refractivity contribution < 1.29 is 18.1 Å². The van der Waals surface area contributed by atoms with Gasteiger partial charge in [0, 0.05) is 30.8 Å². The highest BCUT2D eigenvalue weighted by Gasteiger charge is 2.23. The molecule has 0 unspecified atom stereocenters. The molecule has 0 aliphatic carbocycles. The van der Waals surface area contributed by atoms with Crippen LogP contribution in [0.5, 0.6) is 0 Å². The quantitative estimate of drug-likeness (QED) is 0.373. The topological polar surface area (TPSA) is 114 Å². The van der Waals surface area contributed by atoms with Crippen molar-refractivity contribution in [2.75, 3.05) is 37.8 Å². The first-order valence-electron chi connectivity index (χ1n) is 9.47. The van der Waals surface area contributed by atoms with Gasteiger partial charge in [-0.15, -0.1) is 0 Å². The number of non-ortho nitro benzene ring substituents is 1. The molecule has 1 heterocycles. The van der Waals surface area contributed by atoms with E-state index in [0.29, 0.717) is 34.0 Å². The van der Waals surface area contributed by atoms with E-state index < -0.39 is 14.8 Å². The second kappa shape index (κ2) is 9.08. The Balaban J connectivity index is 1.98. The second-order valence-electron chi connectivity index (χ2n) is 7.09. The molecule has 0 fully saturated rings. The Labute approximate surface area is 184 Å². The number of nitro benzene ring substituents is 1. The molecule has 0 atom stereocenters. The molecular weight excluding hydrogens is 440 g/mol. The van der Waals surface area contributed by atoms with Crippen molar-refractivity contribution in [2.45, 2.75) is 11.8 Å². The smallest absolute Gasteiger partial charge is 0.270 e. The predicted octanol–water partition coefficient (Wildman–Crippen LogP) is 3.21. The molecule has 3 rings (SSSR count). The van der Waals surface area contributed by atoms with Crippen LogP contribution in [-0.4, -0.2) is 62.1 Å². The summed E-state index contributed by atoms with van der Waals surface area (Å²) >= 11 is 1.20. The normalized spacial score (nSPS) is 11.7. The first-order chi connectivity index (χ1) is 14.6. The van der Waals surface area contributed by atoms with E-state index in [2.05, 4.69) is 4.98 Å². The largest absolute Gasteiger partial charge is 0.308 e. The number of anilines is 1. The Morgan fingerprint density at radius 1 is 1.13 bits per heavy atom. The lowest BCUT2D eigenvalue weighted by atomic mass is 10.2. The summed E-state index contributed by atoms with van der Waals surface area (Å²) in [5, 5.41) is 11.5. The maximum atomic E-state index is 13.3. The van der Waals surface area contributed by atoms with Crippen molar-refractivity contribution >= 4 is 48.1 Å². The Hall–Kier alpha value is -2.89. The van der Waals surface area contributed by atoms with E-state index in [1.54, 1.807) is 13.0 Å². The summed E-state index contributed by atoms with van der Waals surface area (Å²) in [6, 6.07) is 10.2. The summed E-state index contributed by atoms with van der Waals surface area (Å²) in [6.45, 7) is 2.49. The second-order valence-corrected chi connectivity index (χ2v) is 10.4. The lowest BCUT2D eigenvalue weighted by Crippen LogP contribution is -2.36. The standard InChI is InChI=1S/C20H22N4O5S2/c1-4-31(28,29)16-8-5-14(6-9-16)19(25)23(12-11-22(2)3)20-21-17-10-7-15(24(26)27)13-18(17)30-20/h5-10,13H,4,11-12H2,1-3H3. The monoisotopic (exact) mass is 462 g/mol. The van der Waals surface area contributed by atoms with Gasteiger partial charge in [0.2, 0.25) is 0 Å². The molecule has 31 heavy (non-hydrogen) atoms. The van der Waals surface area contributed by atoms with Gasteiger partial charge in [0.05, 0.1) is 25.8 Å². The summed E-state index contributed by atoms with van der Waals surface area (Å²) < 4.78 is 24.7. The van der Waals surface area contributed by atoms with Crippen molar-refractivity contribution in [3.8, 4) is 0 Å². The zero-order valence-electron chi connectivity index (χ0n) is 17.3. The fourth-order valence-electron chi connectivity index (χ4n) is 2.84. The fourth-order valence-corrected chi connectivity index (χ4v) is 4.75. The highest BCUT2D eigenvalue weighted by Crippen LogP contribution is 2.32. The van der Waals surface area contributed by atoms with Crippen LogP contribution >= 0.6 is 11.3 Å². The number of nitro groups is 1. The van der Waals surface area contributed by atoms with Crippen LogP contribution < -0.4 is 4.90 Å². The van der Waals surface area contributed by atoms with Gasteiger partial charge in [-0.2, -0.15) is 0 Å². The van der Waals surface area contributed by atoms with Crippen molar-refractivity contribution in [2.24, 2.45) is 0 Å². The van der Waals surface area contributed by atoms with E-state index in [9.17, 15) is 23.3 Å². The number of rotatable bonds is 8. The van der Waals surface area contributed by atoms with Crippen LogP contribution in [0.3, 0.4) is 0 Å². The number of hydrogen-bond acceptors (Lipinski definition) is 8. The van der Waals surface area contributed by atoms with Crippen LogP contribution in [-0.2, 0) is 9.84 Å². The van der Waals surface area contributed by atoms with Crippen molar-refractivity contribution in [3.05, 3.63) is 58.1 Å². The number of sulfone groups is 1. The SMILES string of the molecule is CCS(=O)(=O)c1ccc(C(=O)N(CCN(C)C)c2nc3ccc([N+](=O)[O-])cc3s2)cc1. The highest BCUT2D eigenvalue weighted by atomic mass is 32.2. The molecule has 2 aromatic carbocycles. The molecule has 0 bridgehead atoms. The van der Waals surface area contributed by atoms with Gasteiger partial charge in [0.15, 0.2) is 15.0 Å². The van der Waals surface area contributed by atoms with E-state index in [1.807, 2.05) is 19.0 Å². The number of amides is 1. The number of benzene rings is 2. The summed E-state index contributed by atoms with van der Waals surface area (Å²) in [4.78, 5) is 31.9. The van der Waals surface area contributed by atoms with Gasteiger partial charge in [-0.1, -0.05) is 18.3 Å². The Morgan fingerprint density at radius 3 is 2.39 bits per heavy atom. The molecule has 3 aromatic rings. The highest BCUT2D eigenvalue weighted by molar-refractivity contribution is 7.91. The van der Waals surface area contributed by atoms with Gasteiger partial charge in [-0.05, 0) is 44.4 Å². The van der Waals surface area contributed by atoms with Crippen molar-refractivity contribution in [1.82, 2.24) is 9.88 Å². The molecule has 0 saturated heterocycles. The molecule has 9 nitrogen and oxygen atoms in total. The molecule has 0 spiro atoms. The maximum absolute atomic E-state index is 13.3. The van der Waals surface area contributed by atoms with Crippen LogP contribution in [0.2, 0.25) is 0 Å². The molecule has 0 radical (unpaired) electrons. The summed E-state index contributed by atoms with van der Waals surface area (Å²) in [5.74, 6) is -0.344. The molecule has 0 aliphatic heterocycles. The predicted molar refractivity (Wildman–Crippen MR) is 121 cm³/mol. The van der Waals surface area contributed by atoms with Crippen molar-refractivity contribution in [1.29, 1.82) is 0 Å². The first-order valence-corrected chi connectivity index (χ1v) is 11.9. The number of carbonyl (C=O) groups is 1. The Bertz CT molecular complexity index is 1220. The number of hydrogen-bond donors (Lipinski definition) is 0. The number of thiazole rings is 1. The number of aromatic nitrogens is 1. The van der Waals surface area contributed by atoms with Gasteiger partial charge < -0.3 is 4.90 Å². The fraction of sp³-hybridized carbons (Fsp3) is 0.300. The first kappa shape index (κ1) is 22.8. The molecule has 0 N–H and O–H groups in total. The third-order valence-corrected chi connectivity index (χ3v) is 7.45. The van der Waals surface area contributed by atoms with Gasteiger partial charge in [-0.3, -0.25) is 19.8 Å². The average Bonchev–Trinajstić information content (AvgIpc) is 3.16. The third-order valence-electron chi connectivity index (χ3n) is 4.66. The van der Waals surface area contributed by atoms with Crippen LogP contribution in [0.25, 0.3) is 10.2 Å². The average molecular weight is 463 g/mol. The lowest BCUT2D eigenvalue weighted by molar-refractivity contribution is -0.384. The van der Waals surface area contributed by atoms with Crippen molar-refractivity contribution in [3.63, 3.8) is 0 Å². The minimum Gasteiger partial charge on any atom is -0.308 e. The van der Waals surface area contributed by atoms with Crippen LogP contribution in [0.4, 0.5) is 10.8 Å². The summed E-state index contributed by atoms with van der Waals surface area (Å²) in [7, 11) is 0.408. The molecule has 0 aliphatic rings. The number of carbonyl (C=O) groups excluding carboxylic acids is 1. The molecule has 164 valence electrons. The minimum absolute atomic E-state index is 0.0207. The van der Waals surface area contributed by atoms with Crippen LogP contribution in [0.1, 0.15) is 17.3 Å². The molecule has 0 saturated carbocycles. The van der Waals surface area contributed by atoms with E-state index in [4.69, 9.17) is 0 Å².